The Morgan fingerprint density at radius 2 is 1.86 bits per heavy atom. The Morgan fingerprint density at radius 3 is 2.57 bits per heavy atom. The van der Waals surface area contributed by atoms with E-state index in [4.69, 9.17) is 11.6 Å². The highest BCUT2D eigenvalue weighted by atomic mass is 35.5. The highest BCUT2D eigenvalue weighted by Gasteiger charge is 2.12. The van der Waals surface area contributed by atoms with E-state index in [1.807, 2.05) is 17.7 Å². The number of aryl methyl sites for hydroxylation is 2. The van der Waals surface area contributed by atoms with E-state index < -0.39 is 0 Å². The van der Waals surface area contributed by atoms with Gasteiger partial charge < -0.3 is 15.2 Å². The summed E-state index contributed by atoms with van der Waals surface area (Å²) in [6, 6.07) is 13.3. The van der Waals surface area contributed by atoms with Crippen molar-refractivity contribution in [2.24, 2.45) is 7.05 Å². The van der Waals surface area contributed by atoms with Crippen LogP contribution in [0.3, 0.4) is 0 Å². The molecule has 0 atom stereocenters. The monoisotopic (exact) mass is 415 g/mol. The van der Waals surface area contributed by atoms with Gasteiger partial charge in [0.1, 0.15) is 0 Å². The molecule has 8 heteroatoms. The predicted octanol–water partition coefficient (Wildman–Crippen LogP) is 4.43. The summed E-state index contributed by atoms with van der Waals surface area (Å²) in [4.78, 5) is 12.2. The van der Waals surface area contributed by atoms with Crippen LogP contribution >= 0.6 is 23.4 Å². The fraction of sp³-hybridized carbons (Fsp3) is 0.250. The molecule has 146 valence electrons. The van der Waals surface area contributed by atoms with Gasteiger partial charge in [-0.25, -0.2) is 0 Å². The lowest BCUT2D eigenvalue weighted by Crippen LogP contribution is -2.14. The lowest BCUT2D eigenvalue weighted by atomic mass is 10.1. The molecule has 6 nitrogen and oxygen atoms in total. The Bertz CT molecular complexity index is 968. The lowest BCUT2D eigenvalue weighted by molar-refractivity contribution is -0.113. The summed E-state index contributed by atoms with van der Waals surface area (Å²) in [6.07, 6.45) is 0. The molecule has 1 heterocycles. The average Bonchev–Trinajstić information content (AvgIpc) is 2.99. The SMILES string of the molecule is Cc1cccc(C)c1NCc1nnc(SCC(=O)Nc2cccc(Cl)c2)n1C. The predicted molar refractivity (Wildman–Crippen MR) is 115 cm³/mol. The number of benzene rings is 2. The number of amides is 1. The molecule has 2 N–H and O–H groups in total. The fourth-order valence-electron chi connectivity index (χ4n) is 2.78. The molecule has 0 aliphatic heterocycles. The van der Waals surface area contributed by atoms with Crippen LogP contribution in [0.4, 0.5) is 11.4 Å². The Balaban J connectivity index is 1.56. The van der Waals surface area contributed by atoms with Crippen LogP contribution in [0.25, 0.3) is 0 Å². The minimum absolute atomic E-state index is 0.120. The summed E-state index contributed by atoms with van der Waals surface area (Å²) in [5, 5.41) is 16.0. The second-order valence-electron chi connectivity index (χ2n) is 6.43. The number of halogens is 1. The van der Waals surface area contributed by atoms with Gasteiger partial charge in [-0.2, -0.15) is 0 Å². The van der Waals surface area contributed by atoms with Gasteiger partial charge in [-0.05, 0) is 43.2 Å². The minimum Gasteiger partial charge on any atom is -0.377 e. The quantitative estimate of drug-likeness (QED) is 0.558. The molecule has 0 saturated carbocycles. The van der Waals surface area contributed by atoms with Gasteiger partial charge in [0.15, 0.2) is 11.0 Å². The van der Waals surface area contributed by atoms with Gasteiger partial charge in [0, 0.05) is 23.4 Å². The zero-order valence-electron chi connectivity index (χ0n) is 16.0. The second kappa shape index (κ2) is 9.12. The van der Waals surface area contributed by atoms with E-state index in [1.54, 1.807) is 24.3 Å². The molecule has 3 aromatic rings. The van der Waals surface area contributed by atoms with Crippen molar-refractivity contribution < 1.29 is 4.79 Å². The van der Waals surface area contributed by atoms with Gasteiger partial charge in [-0.3, -0.25) is 4.79 Å². The second-order valence-corrected chi connectivity index (χ2v) is 7.80. The van der Waals surface area contributed by atoms with Crippen LogP contribution in [0.2, 0.25) is 5.02 Å². The van der Waals surface area contributed by atoms with Crippen LogP contribution in [0.15, 0.2) is 47.6 Å². The van der Waals surface area contributed by atoms with E-state index >= 15 is 0 Å². The van der Waals surface area contributed by atoms with Gasteiger partial charge in [-0.1, -0.05) is 47.6 Å². The van der Waals surface area contributed by atoms with E-state index in [1.165, 1.54) is 22.9 Å². The molecule has 0 spiro atoms. The van der Waals surface area contributed by atoms with Gasteiger partial charge in [0.2, 0.25) is 5.91 Å². The number of thioether (sulfide) groups is 1. The molecule has 1 amide bonds. The van der Waals surface area contributed by atoms with Crippen molar-refractivity contribution in [3.8, 4) is 0 Å². The number of hydrogen-bond donors (Lipinski definition) is 2. The Labute approximate surface area is 173 Å². The number of carbonyl (C=O) groups is 1. The minimum atomic E-state index is -0.120. The lowest BCUT2D eigenvalue weighted by Gasteiger charge is -2.12. The summed E-state index contributed by atoms with van der Waals surface area (Å²) in [5.41, 5.74) is 4.17. The van der Waals surface area contributed by atoms with Crippen molar-refractivity contribution in [1.82, 2.24) is 14.8 Å². The summed E-state index contributed by atoms with van der Waals surface area (Å²) in [7, 11) is 1.90. The van der Waals surface area contributed by atoms with E-state index in [0.29, 0.717) is 22.4 Å². The number of nitrogens with one attached hydrogen (secondary N) is 2. The summed E-state index contributed by atoms with van der Waals surface area (Å²) >= 11 is 7.28. The molecular weight excluding hydrogens is 394 g/mol. The number of anilines is 2. The maximum atomic E-state index is 12.2. The van der Waals surface area contributed by atoms with Gasteiger partial charge in [0.25, 0.3) is 0 Å². The third kappa shape index (κ3) is 5.05. The number of nitrogens with zero attached hydrogens (tertiary/aromatic N) is 3. The van der Waals surface area contributed by atoms with Crippen LogP contribution in [0.1, 0.15) is 17.0 Å². The highest BCUT2D eigenvalue weighted by Crippen LogP contribution is 2.21. The van der Waals surface area contributed by atoms with Gasteiger partial charge in [0.05, 0.1) is 12.3 Å². The Kier molecular flexibility index (Phi) is 6.59. The first-order chi connectivity index (χ1) is 13.4. The number of para-hydroxylation sites is 1. The van der Waals surface area contributed by atoms with Crippen LogP contribution in [-0.2, 0) is 18.4 Å². The molecule has 3 rings (SSSR count). The van der Waals surface area contributed by atoms with Crippen LogP contribution in [0, 0.1) is 13.8 Å². The molecule has 0 fully saturated rings. The molecule has 0 unspecified atom stereocenters. The summed E-state index contributed by atoms with van der Waals surface area (Å²) < 4.78 is 1.90. The highest BCUT2D eigenvalue weighted by molar-refractivity contribution is 7.99. The zero-order chi connectivity index (χ0) is 20.1. The van der Waals surface area contributed by atoms with Crippen molar-refractivity contribution in [1.29, 1.82) is 0 Å². The largest absolute Gasteiger partial charge is 0.377 e. The first kappa shape index (κ1) is 20.2. The average molecular weight is 416 g/mol. The molecule has 1 aromatic heterocycles. The number of rotatable bonds is 7. The molecule has 0 aliphatic rings. The van der Waals surface area contributed by atoms with E-state index in [9.17, 15) is 4.79 Å². The molecule has 0 saturated heterocycles. The fourth-order valence-corrected chi connectivity index (χ4v) is 3.70. The molecule has 28 heavy (non-hydrogen) atoms. The summed E-state index contributed by atoms with van der Waals surface area (Å²) in [5.74, 6) is 0.925. The van der Waals surface area contributed by atoms with Crippen molar-refractivity contribution >= 4 is 40.6 Å². The van der Waals surface area contributed by atoms with E-state index in [0.717, 1.165) is 11.5 Å². The molecule has 2 aromatic carbocycles. The summed E-state index contributed by atoms with van der Waals surface area (Å²) in [6.45, 7) is 4.71. The zero-order valence-corrected chi connectivity index (χ0v) is 17.6. The first-order valence-corrected chi connectivity index (χ1v) is 10.2. The van der Waals surface area contributed by atoms with Crippen molar-refractivity contribution in [3.05, 3.63) is 64.4 Å². The molecular formula is C20H22ClN5OS. The van der Waals surface area contributed by atoms with E-state index in [-0.39, 0.29) is 11.7 Å². The van der Waals surface area contributed by atoms with Crippen molar-refractivity contribution in [2.75, 3.05) is 16.4 Å². The maximum absolute atomic E-state index is 12.2. The number of aromatic nitrogens is 3. The van der Waals surface area contributed by atoms with Crippen LogP contribution < -0.4 is 10.6 Å². The first-order valence-electron chi connectivity index (χ1n) is 8.80. The number of hydrogen-bond acceptors (Lipinski definition) is 5. The smallest absolute Gasteiger partial charge is 0.234 e. The van der Waals surface area contributed by atoms with Crippen LogP contribution in [0.5, 0.6) is 0 Å². The molecule has 0 radical (unpaired) electrons. The molecule has 0 bridgehead atoms. The van der Waals surface area contributed by atoms with Crippen LogP contribution in [-0.4, -0.2) is 26.4 Å². The van der Waals surface area contributed by atoms with Crippen molar-refractivity contribution in [3.63, 3.8) is 0 Å². The van der Waals surface area contributed by atoms with E-state index in [2.05, 4.69) is 46.8 Å². The van der Waals surface area contributed by atoms with Gasteiger partial charge in [-0.15, -0.1) is 10.2 Å². The van der Waals surface area contributed by atoms with Crippen molar-refractivity contribution in [2.45, 2.75) is 25.5 Å². The van der Waals surface area contributed by atoms with Gasteiger partial charge >= 0.3 is 0 Å². The normalized spacial score (nSPS) is 10.7. The topological polar surface area (TPSA) is 71.8 Å². The maximum Gasteiger partial charge on any atom is 0.234 e. The molecule has 0 aliphatic carbocycles. The number of carbonyl (C=O) groups excluding carboxylic acids is 1. The Hall–Kier alpha value is -2.51. The Morgan fingerprint density at radius 1 is 1.14 bits per heavy atom. The third-order valence-corrected chi connectivity index (χ3v) is 5.53. The standard InChI is InChI=1S/C20H22ClN5OS/c1-13-6-4-7-14(2)19(13)22-11-17-24-25-20(26(17)3)28-12-18(27)23-16-9-5-8-15(21)10-16/h4-10,22H,11-12H2,1-3H3,(H,23,27). The third-order valence-electron chi connectivity index (χ3n) is 4.27.